The number of carbonyl (C=O) groups excluding carboxylic acids is 1. The number of unbranched alkanes of at least 4 members (excludes halogenated alkanes) is 29. The molecule has 0 aromatic heterocycles. The van der Waals surface area contributed by atoms with Crippen molar-refractivity contribution in [3.05, 3.63) is 36.5 Å². The monoisotopic (exact) mass is 867 g/mol. The van der Waals surface area contributed by atoms with Crippen LogP contribution >= 0.6 is 7.82 Å². The Balaban J connectivity index is 4.33. The highest BCUT2D eigenvalue weighted by molar-refractivity contribution is 7.45. The number of likely N-dealkylation sites (N-methyl/N-ethyl adjacent to an activating group) is 1. The molecule has 0 aliphatic heterocycles. The van der Waals surface area contributed by atoms with Gasteiger partial charge in [0.2, 0.25) is 5.91 Å². The third-order valence-corrected chi connectivity index (χ3v) is 12.3. The van der Waals surface area contributed by atoms with Gasteiger partial charge in [0.15, 0.2) is 0 Å². The van der Waals surface area contributed by atoms with Crippen molar-refractivity contribution in [1.82, 2.24) is 5.32 Å². The predicted molar refractivity (Wildman–Crippen MR) is 256 cm³/mol. The second-order valence-electron chi connectivity index (χ2n) is 18.5. The number of phosphoric acid groups is 1. The van der Waals surface area contributed by atoms with E-state index >= 15 is 0 Å². The van der Waals surface area contributed by atoms with Gasteiger partial charge in [0, 0.05) is 6.42 Å². The molecule has 0 bridgehead atoms. The molecule has 0 aliphatic carbocycles. The first-order valence-corrected chi connectivity index (χ1v) is 26.8. The van der Waals surface area contributed by atoms with Gasteiger partial charge in [0.1, 0.15) is 13.2 Å². The zero-order chi connectivity index (χ0) is 44.3. The fourth-order valence-electron chi connectivity index (χ4n) is 7.28. The normalized spacial score (nSPS) is 14.4. The van der Waals surface area contributed by atoms with Gasteiger partial charge < -0.3 is 28.8 Å². The Morgan fingerprint density at radius 3 is 1.35 bits per heavy atom. The Hall–Kier alpha value is -1.28. The Bertz CT molecular complexity index is 1070. The zero-order valence-electron chi connectivity index (χ0n) is 40.2. The summed E-state index contributed by atoms with van der Waals surface area (Å²) in [5.74, 6) is -0.211. The van der Waals surface area contributed by atoms with Gasteiger partial charge in [-0.25, -0.2) is 0 Å². The summed E-state index contributed by atoms with van der Waals surface area (Å²) in [6.07, 6.45) is 53.5. The maximum atomic E-state index is 12.9. The van der Waals surface area contributed by atoms with E-state index in [9.17, 15) is 19.4 Å². The summed E-state index contributed by atoms with van der Waals surface area (Å²) in [6.45, 7) is 4.64. The van der Waals surface area contributed by atoms with Gasteiger partial charge in [0.25, 0.3) is 7.82 Å². The quantitative estimate of drug-likeness (QED) is 0.0273. The molecule has 0 spiro atoms. The second-order valence-corrected chi connectivity index (χ2v) is 19.9. The lowest BCUT2D eigenvalue weighted by atomic mass is 10.0. The number of aliphatic hydroxyl groups excluding tert-OH is 1. The lowest BCUT2D eigenvalue weighted by Crippen LogP contribution is -2.45. The van der Waals surface area contributed by atoms with Crippen LogP contribution < -0.4 is 10.2 Å². The highest BCUT2D eigenvalue weighted by Crippen LogP contribution is 2.38. The average molecular weight is 867 g/mol. The number of allylic oxidation sites excluding steroid dienone is 5. The van der Waals surface area contributed by atoms with Crippen LogP contribution in [0.25, 0.3) is 0 Å². The summed E-state index contributed by atoms with van der Waals surface area (Å²) >= 11 is 0. The Morgan fingerprint density at radius 1 is 0.567 bits per heavy atom. The molecule has 0 aromatic rings. The summed E-state index contributed by atoms with van der Waals surface area (Å²) in [5, 5.41) is 13.8. The number of amides is 1. The number of rotatable bonds is 46. The molecule has 0 aliphatic rings. The minimum absolute atomic E-state index is 0.00692. The number of nitrogens with zero attached hydrogens (tertiary/aromatic N) is 1. The van der Waals surface area contributed by atoms with Crippen LogP contribution in [-0.4, -0.2) is 68.5 Å². The van der Waals surface area contributed by atoms with E-state index in [2.05, 4.69) is 43.5 Å². The van der Waals surface area contributed by atoms with E-state index in [0.29, 0.717) is 17.4 Å². The van der Waals surface area contributed by atoms with Gasteiger partial charge >= 0.3 is 0 Å². The highest BCUT2D eigenvalue weighted by atomic mass is 31.2. The molecule has 0 rings (SSSR count). The van der Waals surface area contributed by atoms with Crippen LogP contribution in [0.5, 0.6) is 0 Å². The Kier molecular flexibility index (Phi) is 42.1. The Labute approximate surface area is 372 Å². The fraction of sp³-hybridized carbons (Fsp3) is 0.863. The van der Waals surface area contributed by atoms with Crippen molar-refractivity contribution in [3.63, 3.8) is 0 Å². The number of quaternary nitrogens is 1. The van der Waals surface area contributed by atoms with Gasteiger partial charge in [-0.15, -0.1) is 0 Å². The standard InChI is InChI=1S/C51H99N2O6P/c1-6-8-10-12-14-16-18-20-22-24-25-26-27-28-29-31-33-35-37-39-41-43-45-51(55)52-49(48-59-60(56,57)58-47-46-53(3,4)5)50(54)44-42-40-38-36-34-32-30-23-21-19-17-15-13-11-9-7-2/h27-28,34,36,42,44,49-50,54H,6-26,29-33,35,37-41,43,45-48H2,1-5H3,(H-,52,55,56,57)/b28-27-,36-34+,44-42+. The lowest BCUT2D eigenvalue weighted by Gasteiger charge is -2.29. The van der Waals surface area contributed by atoms with Crippen molar-refractivity contribution in [1.29, 1.82) is 0 Å². The number of hydrogen-bond donors (Lipinski definition) is 2. The van der Waals surface area contributed by atoms with Crippen LogP contribution in [0.4, 0.5) is 0 Å². The number of nitrogens with one attached hydrogen (secondary N) is 1. The molecule has 2 N–H and O–H groups in total. The van der Waals surface area contributed by atoms with E-state index in [-0.39, 0.29) is 12.5 Å². The summed E-state index contributed by atoms with van der Waals surface area (Å²) in [5.41, 5.74) is 0. The van der Waals surface area contributed by atoms with Crippen LogP contribution in [0, 0.1) is 0 Å². The molecule has 8 nitrogen and oxygen atoms in total. The molecule has 0 saturated carbocycles. The van der Waals surface area contributed by atoms with Crippen LogP contribution in [0.3, 0.4) is 0 Å². The number of aliphatic hydroxyl groups is 1. The fourth-order valence-corrected chi connectivity index (χ4v) is 8.00. The molecule has 354 valence electrons. The van der Waals surface area contributed by atoms with Gasteiger partial charge in [-0.05, 0) is 57.8 Å². The number of carbonyl (C=O) groups is 1. The number of hydrogen-bond acceptors (Lipinski definition) is 6. The molecule has 0 saturated heterocycles. The average Bonchev–Trinajstić information content (AvgIpc) is 3.20. The first-order valence-electron chi connectivity index (χ1n) is 25.4. The minimum atomic E-state index is -4.60. The van der Waals surface area contributed by atoms with E-state index < -0.39 is 26.6 Å². The van der Waals surface area contributed by atoms with Crippen molar-refractivity contribution < 1.29 is 32.9 Å². The first kappa shape index (κ1) is 58.7. The third kappa shape index (κ3) is 44.8. The van der Waals surface area contributed by atoms with E-state index in [1.165, 1.54) is 173 Å². The largest absolute Gasteiger partial charge is 0.756 e. The Morgan fingerprint density at radius 2 is 0.933 bits per heavy atom. The van der Waals surface area contributed by atoms with Crippen molar-refractivity contribution in [2.24, 2.45) is 0 Å². The third-order valence-electron chi connectivity index (χ3n) is 11.3. The lowest BCUT2D eigenvalue weighted by molar-refractivity contribution is -0.870. The topological polar surface area (TPSA) is 108 Å². The summed E-state index contributed by atoms with van der Waals surface area (Å²) in [4.78, 5) is 25.4. The molecule has 9 heteroatoms. The molecular weight excluding hydrogens is 768 g/mol. The van der Waals surface area contributed by atoms with Crippen molar-refractivity contribution in [2.45, 2.75) is 244 Å². The molecule has 0 aromatic carbocycles. The summed E-state index contributed by atoms with van der Waals surface area (Å²) < 4.78 is 23.2. The molecule has 3 atom stereocenters. The van der Waals surface area contributed by atoms with Crippen LogP contribution in [0.15, 0.2) is 36.5 Å². The van der Waals surface area contributed by atoms with Crippen LogP contribution in [-0.2, 0) is 18.4 Å². The molecular formula is C51H99N2O6P. The van der Waals surface area contributed by atoms with Gasteiger partial charge in [0.05, 0.1) is 39.9 Å². The molecule has 0 fully saturated rings. The smallest absolute Gasteiger partial charge is 0.268 e. The first-order chi connectivity index (χ1) is 29.0. The van der Waals surface area contributed by atoms with Crippen molar-refractivity contribution >= 4 is 13.7 Å². The predicted octanol–water partition coefficient (Wildman–Crippen LogP) is 14.0. The van der Waals surface area contributed by atoms with Crippen LogP contribution in [0.1, 0.15) is 232 Å². The highest BCUT2D eigenvalue weighted by Gasteiger charge is 2.23. The van der Waals surface area contributed by atoms with E-state index in [4.69, 9.17) is 9.05 Å². The van der Waals surface area contributed by atoms with E-state index in [1.807, 2.05) is 27.2 Å². The molecule has 1 amide bonds. The summed E-state index contributed by atoms with van der Waals surface area (Å²) in [7, 11) is 1.24. The van der Waals surface area contributed by atoms with Crippen LogP contribution in [0.2, 0.25) is 0 Å². The molecule has 60 heavy (non-hydrogen) atoms. The molecule has 0 heterocycles. The van der Waals surface area contributed by atoms with Crippen molar-refractivity contribution in [2.75, 3.05) is 40.9 Å². The van der Waals surface area contributed by atoms with Gasteiger partial charge in [-0.3, -0.25) is 9.36 Å². The minimum Gasteiger partial charge on any atom is -0.756 e. The van der Waals surface area contributed by atoms with E-state index in [0.717, 1.165) is 38.5 Å². The second kappa shape index (κ2) is 43.0. The summed E-state index contributed by atoms with van der Waals surface area (Å²) in [6, 6.07) is -0.904. The number of phosphoric ester groups is 1. The zero-order valence-corrected chi connectivity index (χ0v) is 41.1. The van der Waals surface area contributed by atoms with Gasteiger partial charge in [-0.1, -0.05) is 204 Å². The maximum absolute atomic E-state index is 12.9. The van der Waals surface area contributed by atoms with E-state index in [1.54, 1.807) is 6.08 Å². The molecule has 0 radical (unpaired) electrons. The van der Waals surface area contributed by atoms with Gasteiger partial charge in [-0.2, -0.15) is 0 Å². The molecule has 3 unspecified atom stereocenters. The van der Waals surface area contributed by atoms with Crippen molar-refractivity contribution in [3.8, 4) is 0 Å². The maximum Gasteiger partial charge on any atom is 0.268 e. The SMILES string of the molecule is CCCCCCCCCCCC/C=C/CC/C=C/C(O)C(COP(=O)([O-])OCC[N+](C)(C)C)NC(=O)CCCCCCCCC/C=C\CCCCCCCCCCCCC.